The zero-order valence-corrected chi connectivity index (χ0v) is 10.8. The summed E-state index contributed by atoms with van der Waals surface area (Å²) in [5.41, 5.74) is 0. The molecule has 9 heteroatoms. The molecule has 0 saturated heterocycles. The zero-order chi connectivity index (χ0) is 14.5. The summed E-state index contributed by atoms with van der Waals surface area (Å²) in [5.74, 6) is -1.85. The highest BCUT2D eigenvalue weighted by Crippen LogP contribution is 2.07. The van der Waals surface area contributed by atoms with Gasteiger partial charge < -0.3 is 10.4 Å². The van der Waals surface area contributed by atoms with Crippen LogP contribution in [0.15, 0.2) is 11.5 Å². The van der Waals surface area contributed by atoms with Gasteiger partial charge in [-0.2, -0.15) is 0 Å². The van der Waals surface area contributed by atoms with E-state index < -0.39 is 33.8 Å². The Bertz CT molecular complexity index is 510. The van der Waals surface area contributed by atoms with Crippen LogP contribution in [0.5, 0.6) is 0 Å². The maximum absolute atomic E-state index is 11.3. The average molecular weight is 290 g/mol. The van der Waals surface area contributed by atoms with Gasteiger partial charge in [0.2, 0.25) is 5.91 Å². The van der Waals surface area contributed by atoms with Crippen LogP contribution in [0, 0.1) is 0 Å². The van der Waals surface area contributed by atoms with E-state index in [1.54, 1.807) is 0 Å². The minimum atomic E-state index is -3.27. The first kappa shape index (κ1) is 15.2. The molecule has 3 N–H and O–H groups in total. The smallest absolute Gasteiger partial charge is 0.321 e. The number of carboxylic acid groups (broad SMARTS) is 1. The van der Waals surface area contributed by atoms with Crippen LogP contribution in [0.3, 0.4) is 0 Å². The van der Waals surface area contributed by atoms with Crippen LogP contribution in [0.1, 0.15) is 19.3 Å². The number of carboxylic acids is 1. The molecule has 0 bridgehead atoms. The van der Waals surface area contributed by atoms with Gasteiger partial charge in [0.25, 0.3) is 0 Å². The molecule has 1 unspecified atom stereocenters. The normalized spacial score (nSPS) is 19.9. The number of hydrogen-bond donors (Lipinski definition) is 3. The highest BCUT2D eigenvalue weighted by Gasteiger charge is 2.23. The Morgan fingerprint density at radius 1 is 1.26 bits per heavy atom. The number of amides is 3. The summed E-state index contributed by atoms with van der Waals surface area (Å²) < 4.78 is 22.1. The van der Waals surface area contributed by atoms with E-state index in [0.29, 0.717) is 0 Å². The van der Waals surface area contributed by atoms with Crippen LogP contribution in [0.4, 0.5) is 4.79 Å². The van der Waals surface area contributed by atoms with Crippen molar-refractivity contribution in [1.82, 2.24) is 10.6 Å². The molecule has 0 saturated carbocycles. The van der Waals surface area contributed by atoms with E-state index in [9.17, 15) is 22.8 Å². The topological polar surface area (TPSA) is 130 Å². The number of sulfone groups is 1. The SMILES string of the molecule is O=C(O)CCCC(=O)NC(=O)NC1C=CS(=O)(=O)C1. The van der Waals surface area contributed by atoms with E-state index in [2.05, 4.69) is 5.32 Å². The summed E-state index contributed by atoms with van der Waals surface area (Å²) >= 11 is 0. The Hall–Kier alpha value is -1.90. The van der Waals surface area contributed by atoms with Crippen molar-refractivity contribution in [3.8, 4) is 0 Å². The molecule has 0 spiro atoms. The highest BCUT2D eigenvalue weighted by atomic mass is 32.2. The number of carbonyl (C=O) groups excluding carboxylic acids is 2. The summed E-state index contributed by atoms with van der Waals surface area (Å²) in [7, 11) is -3.27. The third kappa shape index (κ3) is 6.00. The lowest BCUT2D eigenvalue weighted by Gasteiger charge is -2.10. The zero-order valence-electron chi connectivity index (χ0n) is 9.96. The predicted octanol–water partition coefficient (Wildman–Crippen LogP) is -0.622. The lowest BCUT2D eigenvalue weighted by atomic mass is 10.2. The van der Waals surface area contributed by atoms with Crippen LogP contribution < -0.4 is 10.6 Å². The molecule has 8 nitrogen and oxygen atoms in total. The van der Waals surface area contributed by atoms with E-state index in [4.69, 9.17) is 5.11 Å². The Balaban J connectivity index is 2.26. The second-order valence-corrected chi connectivity index (χ2v) is 5.96. The number of hydrogen-bond acceptors (Lipinski definition) is 5. The summed E-state index contributed by atoms with van der Waals surface area (Å²) in [6.45, 7) is 0. The third-order valence-corrected chi connectivity index (χ3v) is 3.69. The lowest BCUT2D eigenvalue weighted by Crippen LogP contribution is -2.44. The van der Waals surface area contributed by atoms with Gasteiger partial charge in [0.1, 0.15) is 0 Å². The maximum Gasteiger partial charge on any atom is 0.321 e. The Morgan fingerprint density at radius 3 is 2.47 bits per heavy atom. The monoisotopic (exact) mass is 290 g/mol. The van der Waals surface area contributed by atoms with Crippen molar-refractivity contribution in [2.45, 2.75) is 25.3 Å². The number of nitrogens with one attached hydrogen (secondary N) is 2. The molecule has 19 heavy (non-hydrogen) atoms. The molecule has 1 heterocycles. The fourth-order valence-corrected chi connectivity index (χ4v) is 2.69. The van der Waals surface area contributed by atoms with Crippen LogP contribution in [0.2, 0.25) is 0 Å². The van der Waals surface area contributed by atoms with Gasteiger partial charge in [-0.15, -0.1) is 0 Å². The van der Waals surface area contributed by atoms with E-state index in [1.807, 2.05) is 5.32 Å². The van der Waals surface area contributed by atoms with Crippen LogP contribution >= 0.6 is 0 Å². The molecule has 1 aliphatic rings. The lowest BCUT2D eigenvalue weighted by molar-refractivity contribution is -0.137. The minimum Gasteiger partial charge on any atom is -0.481 e. The summed E-state index contributed by atoms with van der Waals surface area (Å²) in [6.07, 6.45) is 1.22. The summed E-state index contributed by atoms with van der Waals surface area (Å²) in [4.78, 5) is 32.8. The molecule has 0 fully saturated rings. The van der Waals surface area contributed by atoms with Crippen molar-refractivity contribution < 1.29 is 27.9 Å². The Kier molecular flexibility index (Phi) is 5.04. The van der Waals surface area contributed by atoms with Crippen LogP contribution in [-0.2, 0) is 19.4 Å². The van der Waals surface area contributed by atoms with E-state index >= 15 is 0 Å². The first-order valence-corrected chi connectivity index (χ1v) is 7.23. The van der Waals surface area contributed by atoms with Gasteiger partial charge >= 0.3 is 12.0 Å². The van der Waals surface area contributed by atoms with Crippen molar-refractivity contribution in [1.29, 1.82) is 0 Å². The van der Waals surface area contributed by atoms with Crippen molar-refractivity contribution in [3.05, 3.63) is 11.5 Å². The Morgan fingerprint density at radius 2 is 1.95 bits per heavy atom. The van der Waals surface area contributed by atoms with Crippen molar-refractivity contribution in [2.75, 3.05) is 5.75 Å². The summed E-state index contributed by atoms with van der Waals surface area (Å²) in [5, 5.41) is 13.7. The molecule has 1 rings (SSSR count). The van der Waals surface area contributed by atoms with Gasteiger partial charge in [-0.05, 0) is 12.5 Å². The standard InChI is InChI=1S/C10H14N2O6S/c13-8(2-1-3-9(14)15)12-10(16)11-7-4-5-19(17,18)6-7/h4-5,7H,1-3,6H2,(H,14,15)(H2,11,12,13,16). The second kappa shape index (κ2) is 6.32. The number of rotatable bonds is 5. The van der Waals surface area contributed by atoms with Crippen LogP contribution in [-0.4, -0.2) is 43.2 Å². The van der Waals surface area contributed by atoms with Gasteiger partial charge in [0, 0.05) is 18.2 Å². The van der Waals surface area contributed by atoms with Gasteiger partial charge in [-0.3, -0.25) is 14.9 Å². The maximum atomic E-state index is 11.3. The van der Waals surface area contributed by atoms with E-state index in [1.165, 1.54) is 6.08 Å². The predicted molar refractivity (Wildman–Crippen MR) is 64.9 cm³/mol. The number of urea groups is 1. The molecule has 1 atom stereocenters. The van der Waals surface area contributed by atoms with Crippen LogP contribution in [0.25, 0.3) is 0 Å². The van der Waals surface area contributed by atoms with Gasteiger partial charge in [0.05, 0.1) is 11.8 Å². The first-order chi connectivity index (χ1) is 8.78. The molecular formula is C10H14N2O6S. The fraction of sp³-hybridized carbons (Fsp3) is 0.500. The molecular weight excluding hydrogens is 276 g/mol. The molecule has 106 valence electrons. The Labute approximate surface area is 109 Å². The largest absolute Gasteiger partial charge is 0.481 e. The fourth-order valence-electron chi connectivity index (χ4n) is 1.46. The molecule has 0 aromatic carbocycles. The molecule has 1 aliphatic heterocycles. The summed E-state index contributed by atoms with van der Waals surface area (Å²) in [6, 6.07) is -1.45. The highest BCUT2D eigenvalue weighted by molar-refractivity contribution is 7.94. The average Bonchev–Trinajstić information content (AvgIpc) is 2.56. The van der Waals surface area contributed by atoms with Crippen molar-refractivity contribution in [3.63, 3.8) is 0 Å². The third-order valence-electron chi connectivity index (χ3n) is 2.29. The molecule has 3 amide bonds. The molecule has 0 aromatic heterocycles. The quantitative estimate of drug-likeness (QED) is 0.618. The van der Waals surface area contributed by atoms with Crippen molar-refractivity contribution in [2.24, 2.45) is 0 Å². The number of aliphatic carboxylic acids is 1. The molecule has 0 radical (unpaired) electrons. The van der Waals surface area contributed by atoms with Crippen molar-refractivity contribution >= 4 is 27.7 Å². The molecule has 0 aliphatic carbocycles. The van der Waals surface area contributed by atoms with Gasteiger partial charge in [0.15, 0.2) is 9.84 Å². The first-order valence-electron chi connectivity index (χ1n) is 5.51. The van der Waals surface area contributed by atoms with Gasteiger partial charge in [-0.1, -0.05) is 0 Å². The minimum absolute atomic E-state index is 0.0848. The second-order valence-electron chi connectivity index (χ2n) is 4.03. The molecule has 0 aromatic rings. The van der Waals surface area contributed by atoms with Gasteiger partial charge in [-0.25, -0.2) is 13.2 Å². The number of carbonyl (C=O) groups is 3. The van der Waals surface area contributed by atoms with E-state index in [-0.39, 0.29) is 25.0 Å². The number of imide groups is 1. The van der Waals surface area contributed by atoms with E-state index in [0.717, 1.165) is 5.41 Å².